The first-order valence-electron chi connectivity index (χ1n) is 15.8. The molecule has 0 aliphatic carbocycles. The second-order valence-electron chi connectivity index (χ2n) is 12.5. The standard InChI is InChI=1S/C37H40N4O3/c1-26-2-4-28(5-3-26)24-40-16-12-31(13-17-40)34(42)21-30-10-11-35-32(20-30)22-36(44-35)37(43)39-33-14-18-41(19-15-33)25-29-8-6-27(23-38)7-9-29/h2-11,20,22,31,33H,12-19,21,24-25H2,1H3,(H,39,43). The molecule has 3 aromatic carbocycles. The number of carbonyl (C=O) groups excluding carboxylic acids is 2. The van der Waals surface area contributed by atoms with Gasteiger partial charge in [-0.1, -0.05) is 48.0 Å². The number of piperidine rings is 2. The summed E-state index contributed by atoms with van der Waals surface area (Å²) in [5.74, 6) is 0.513. The maximum absolute atomic E-state index is 13.2. The molecule has 1 aromatic heterocycles. The van der Waals surface area contributed by atoms with Crippen molar-refractivity contribution in [2.75, 3.05) is 26.2 Å². The van der Waals surface area contributed by atoms with Gasteiger partial charge in [-0.2, -0.15) is 5.26 Å². The fourth-order valence-electron chi connectivity index (χ4n) is 6.46. The van der Waals surface area contributed by atoms with E-state index < -0.39 is 0 Å². The van der Waals surface area contributed by atoms with Crippen LogP contribution in [0.4, 0.5) is 0 Å². The van der Waals surface area contributed by atoms with Crippen molar-refractivity contribution in [1.82, 2.24) is 15.1 Å². The van der Waals surface area contributed by atoms with Crippen LogP contribution in [0.15, 0.2) is 77.2 Å². The first kappa shape index (κ1) is 29.8. The molecule has 0 saturated carbocycles. The summed E-state index contributed by atoms with van der Waals surface area (Å²) in [5, 5.41) is 13.0. The second kappa shape index (κ2) is 13.6. The van der Waals surface area contributed by atoms with Crippen LogP contribution in [0.2, 0.25) is 0 Å². The molecule has 226 valence electrons. The Labute approximate surface area is 259 Å². The van der Waals surface area contributed by atoms with Crippen LogP contribution in [0.5, 0.6) is 0 Å². The van der Waals surface area contributed by atoms with Gasteiger partial charge in [0, 0.05) is 49.9 Å². The first-order chi connectivity index (χ1) is 21.4. The molecule has 0 unspecified atom stereocenters. The zero-order chi connectivity index (χ0) is 30.5. The van der Waals surface area contributed by atoms with Gasteiger partial charge in [-0.15, -0.1) is 0 Å². The van der Waals surface area contributed by atoms with Crippen molar-refractivity contribution >= 4 is 22.7 Å². The smallest absolute Gasteiger partial charge is 0.287 e. The van der Waals surface area contributed by atoms with Gasteiger partial charge in [0.1, 0.15) is 11.4 Å². The number of aryl methyl sites for hydroxylation is 1. The average Bonchev–Trinajstić information content (AvgIpc) is 3.48. The lowest BCUT2D eigenvalue weighted by Crippen LogP contribution is -2.44. The lowest BCUT2D eigenvalue weighted by molar-refractivity contribution is -0.123. The number of fused-ring (bicyclic) bond motifs is 1. The van der Waals surface area contributed by atoms with Crippen molar-refractivity contribution in [2.24, 2.45) is 5.92 Å². The molecule has 2 aliphatic rings. The summed E-state index contributed by atoms with van der Waals surface area (Å²) in [5.41, 5.74) is 6.08. The Bertz CT molecular complexity index is 1640. The summed E-state index contributed by atoms with van der Waals surface area (Å²) in [6, 6.07) is 26.3. The van der Waals surface area contributed by atoms with E-state index in [0.29, 0.717) is 29.1 Å². The summed E-state index contributed by atoms with van der Waals surface area (Å²) in [6.07, 6.45) is 3.96. The first-order valence-corrected chi connectivity index (χ1v) is 15.8. The second-order valence-corrected chi connectivity index (χ2v) is 12.5. The number of nitriles is 1. The van der Waals surface area contributed by atoms with E-state index in [1.54, 1.807) is 6.07 Å². The summed E-state index contributed by atoms with van der Waals surface area (Å²) in [7, 11) is 0. The molecule has 0 radical (unpaired) electrons. The van der Waals surface area contributed by atoms with E-state index in [2.05, 4.69) is 52.4 Å². The highest BCUT2D eigenvalue weighted by Gasteiger charge is 2.26. The molecule has 7 nitrogen and oxygen atoms in total. The maximum Gasteiger partial charge on any atom is 0.287 e. The zero-order valence-electron chi connectivity index (χ0n) is 25.4. The predicted molar refractivity (Wildman–Crippen MR) is 171 cm³/mol. The molecule has 2 aliphatic heterocycles. The molecule has 4 aromatic rings. The van der Waals surface area contributed by atoms with Crippen LogP contribution in [0, 0.1) is 24.2 Å². The van der Waals surface area contributed by atoms with E-state index in [1.807, 2.05) is 42.5 Å². The van der Waals surface area contributed by atoms with E-state index in [-0.39, 0.29) is 17.9 Å². The van der Waals surface area contributed by atoms with Gasteiger partial charge in [0.25, 0.3) is 5.91 Å². The number of Topliss-reactive ketones (excluding diaryl/α,β-unsaturated/α-hetero) is 1. The third kappa shape index (κ3) is 7.45. The highest BCUT2D eigenvalue weighted by molar-refractivity contribution is 5.96. The highest BCUT2D eigenvalue weighted by atomic mass is 16.3. The molecule has 1 N–H and O–H groups in total. The van der Waals surface area contributed by atoms with Crippen LogP contribution >= 0.6 is 0 Å². The molecular formula is C37H40N4O3. The molecular weight excluding hydrogens is 548 g/mol. The van der Waals surface area contributed by atoms with Gasteiger partial charge >= 0.3 is 0 Å². The molecule has 2 fully saturated rings. The minimum atomic E-state index is -0.193. The van der Waals surface area contributed by atoms with Gasteiger partial charge in [-0.05, 0) is 92.7 Å². The van der Waals surface area contributed by atoms with Crippen LogP contribution in [-0.4, -0.2) is 53.7 Å². The minimum Gasteiger partial charge on any atom is -0.451 e. The number of rotatable bonds is 9. The van der Waals surface area contributed by atoms with E-state index in [0.717, 1.165) is 75.9 Å². The van der Waals surface area contributed by atoms with Crippen molar-refractivity contribution in [2.45, 2.75) is 58.2 Å². The average molecular weight is 589 g/mol. The molecule has 0 atom stereocenters. The lowest BCUT2D eigenvalue weighted by Gasteiger charge is -2.32. The summed E-state index contributed by atoms with van der Waals surface area (Å²) < 4.78 is 5.90. The summed E-state index contributed by atoms with van der Waals surface area (Å²) >= 11 is 0. The minimum absolute atomic E-state index is 0.0983. The van der Waals surface area contributed by atoms with E-state index >= 15 is 0 Å². The highest BCUT2D eigenvalue weighted by Crippen LogP contribution is 2.25. The predicted octanol–water partition coefficient (Wildman–Crippen LogP) is 6.03. The van der Waals surface area contributed by atoms with Crippen LogP contribution in [-0.2, 0) is 24.3 Å². The van der Waals surface area contributed by atoms with E-state index in [9.17, 15) is 9.59 Å². The van der Waals surface area contributed by atoms with Crippen molar-refractivity contribution < 1.29 is 14.0 Å². The Hall–Kier alpha value is -4.25. The maximum atomic E-state index is 13.2. The van der Waals surface area contributed by atoms with Crippen molar-refractivity contribution in [3.63, 3.8) is 0 Å². The van der Waals surface area contributed by atoms with Gasteiger partial charge in [0.05, 0.1) is 11.6 Å². The molecule has 2 saturated heterocycles. The van der Waals surface area contributed by atoms with Gasteiger partial charge in [0.15, 0.2) is 5.76 Å². The summed E-state index contributed by atoms with van der Waals surface area (Å²) in [4.78, 5) is 31.0. The van der Waals surface area contributed by atoms with Crippen molar-refractivity contribution in [3.8, 4) is 6.07 Å². The largest absolute Gasteiger partial charge is 0.451 e. The monoisotopic (exact) mass is 588 g/mol. The molecule has 0 bridgehead atoms. The number of furan rings is 1. The van der Waals surface area contributed by atoms with Crippen LogP contribution in [0.25, 0.3) is 11.0 Å². The van der Waals surface area contributed by atoms with Crippen LogP contribution in [0.3, 0.4) is 0 Å². The number of likely N-dealkylation sites (tertiary alicyclic amines) is 2. The van der Waals surface area contributed by atoms with Gasteiger partial charge in [0.2, 0.25) is 0 Å². The Morgan fingerprint density at radius 3 is 2.05 bits per heavy atom. The number of ketones is 1. The number of hydrogen-bond acceptors (Lipinski definition) is 6. The Morgan fingerprint density at radius 2 is 1.41 bits per heavy atom. The van der Waals surface area contributed by atoms with Crippen LogP contribution < -0.4 is 5.32 Å². The Morgan fingerprint density at radius 1 is 0.818 bits per heavy atom. The number of benzene rings is 3. The molecule has 7 heteroatoms. The molecule has 3 heterocycles. The van der Waals surface area contributed by atoms with Crippen LogP contribution in [0.1, 0.15) is 64.1 Å². The van der Waals surface area contributed by atoms with Gasteiger partial charge in [-0.3, -0.25) is 19.4 Å². The van der Waals surface area contributed by atoms with Gasteiger partial charge in [-0.25, -0.2) is 0 Å². The number of hydrogen-bond donors (Lipinski definition) is 1. The van der Waals surface area contributed by atoms with E-state index in [1.165, 1.54) is 16.7 Å². The summed E-state index contributed by atoms with van der Waals surface area (Å²) in [6.45, 7) is 7.57. The number of nitrogens with one attached hydrogen (secondary N) is 1. The third-order valence-electron chi connectivity index (χ3n) is 9.16. The lowest BCUT2D eigenvalue weighted by atomic mass is 9.89. The quantitative estimate of drug-likeness (QED) is 0.257. The topological polar surface area (TPSA) is 89.6 Å². The molecule has 6 rings (SSSR count). The number of nitrogens with zero attached hydrogens (tertiary/aromatic N) is 3. The van der Waals surface area contributed by atoms with Crippen molar-refractivity contribution in [1.29, 1.82) is 5.26 Å². The Balaban J connectivity index is 0.967. The molecule has 0 spiro atoms. The fraction of sp³-hybridized carbons (Fsp3) is 0.378. The zero-order valence-corrected chi connectivity index (χ0v) is 25.4. The molecule has 44 heavy (non-hydrogen) atoms. The van der Waals surface area contributed by atoms with E-state index in [4.69, 9.17) is 9.68 Å². The van der Waals surface area contributed by atoms with Crippen molar-refractivity contribution in [3.05, 3.63) is 106 Å². The number of carbonyl (C=O) groups is 2. The normalized spacial score (nSPS) is 17.0. The fourth-order valence-corrected chi connectivity index (χ4v) is 6.46. The third-order valence-corrected chi connectivity index (χ3v) is 9.16. The van der Waals surface area contributed by atoms with Gasteiger partial charge < -0.3 is 9.73 Å². The Kier molecular flexibility index (Phi) is 9.20. The number of amides is 1. The molecule has 1 amide bonds. The SMILES string of the molecule is Cc1ccc(CN2CCC(C(=O)Cc3ccc4oc(C(=O)NC5CCN(Cc6ccc(C#N)cc6)CC5)cc4c3)CC2)cc1.